The van der Waals surface area contributed by atoms with Crippen molar-refractivity contribution in [2.24, 2.45) is 0 Å². The highest BCUT2D eigenvalue weighted by Gasteiger charge is 2.19. The summed E-state index contributed by atoms with van der Waals surface area (Å²) in [4.78, 5) is 16.0. The Labute approximate surface area is 186 Å². The van der Waals surface area contributed by atoms with Gasteiger partial charge in [-0.05, 0) is 66.8 Å². The number of halogens is 1. The quantitative estimate of drug-likeness (QED) is 0.549. The number of nitrogens with one attached hydrogen (secondary N) is 2. The van der Waals surface area contributed by atoms with E-state index in [1.807, 2.05) is 36.4 Å². The van der Waals surface area contributed by atoms with Gasteiger partial charge in [0.2, 0.25) is 5.95 Å². The van der Waals surface area contributed by atoms with E-state index in [0.717, 1.165) is 49.2 Å². The van der Waals surface area contributed by atoms with Crippen LogP contribution in [0.1, 0.15) is 28.8 Å². The maximum Gasteiger partial charge on any atom is 0.251 e. The molecule has 2 aliphatic rings. The van der Waals surface area contributed by atoms with Crippen LogP contribution >= 0.6 is 0 Å². The summed E-state index contributed by atoms with van der Waals surface area (Å²) in [5.74, 6) is 0.194. The lowest BCUT2D eigenvalue weighted by molar-refractivity contribution is 0.0946. The zero-order chi connectivity index (χ0) is 22.1. The number of nitrogen functional groups attached to an aromatic ring is 1. The van der Waals surface area contributed by atoms with E-state index in [1.54, 1.807) is 12.1 Å². The van der Waals surface area contributed by atoms with Crippen LogP contribution in [0.4, 0.5) is 10.2 Å². The van der Waals surface area contributed by atoms with Crippen molar-refractivity contribution in [3.05, 3.63) is 65.6 Å². The average Bonchev–Trinajstić information content (AvgIpc) is 2.81. The van der Waals surface area contributed by atoms with Gasteiger partial charge in [-0.3, -0.25) is 4.79 Å². The van der Waals surface area contributed by atoms with Gasteiger partial charge >= 0.3 is 0 Å². The van der Waals surface area contributed by atoms with Crippen molar-refractivity contribution in [2.45, 2.75) is 25.4 Å². The van der Waals surface area contributed by atoms with E-state index in [4.69, 9.17) is 10.5 Å². The Morgan fingerprint density at radius 1 is 1.00 bits per heavy atom. The van der Waals surface area contributed by atoms with Crippen molar-refractivity contribution in [1.82, 2.24) is 15.6 Å². The third kappa shape index (κ3) is 4.03. The molecule has 5 rings (SSSR count). The molecule has 4 N–H and O–H groups in total. The third-order valence-corrected chi connectivity index (χ3v) is 6.07. The Bertz CT molecular complexity index is 1160. The maximum atomic E-state index is 14.7. The number of carbonyl (C=O) groups excluding carboxylic acids is 1. The monoisotopic (exact) mass is 432 g/mol. The predicted molar refractivity (Wildman–Crippen MR) is 122 cm³/mol. The molecular weight excluding hydrogens is 407 g/mol. The second-order valence-corrected chi connectivity index (χ2v) is 8.25. The van der Waals surface area contributed by atoms with E-state index in [1.165, 1.54) is 0 Å². The first-order valence-electron chi connectivity index (χ1n) is 10.9. The van der Waals surface area contributed by atoms with Crippen LogP contribution in [0.15, 0.2) is 48.5 Å². The summed E-state index contributed by atoms with van der Waals surface area (Å²) in [6.45, 7) is 2.47. The lowest BCUT2D eigenvalue weighted by Crippen LogP contribution is -2.37. The lowest BCUT2D eigenvalue weighted by atomic mass is 9.94. The molecule has 2 aliphatic heterocycles. The second kappa shape index (κ2) is 8.59. The molecule has 0 bridgehead atoms. The number of amides is 1. The molecule has 32 heavy (non-hydrogen) atoms. The number of anilines is 1. The van der Waals surface area contributed by atoms with Crippen LogP contribution in [0, 0.1) is 5.95 Å². The molecule has 6 nitrogen and oxygen atoms in total. The van der Waals surface area contributed by atoms with E-state index in [-0.39, 0.29) is 17.8 Å². The van der Waals surface area contributed by atoms with E-state index < -0.39 is 5.95 Å². The Morgan fingerprint density at radius 3 is 2.59 bits per heavy atom. The summed E-state index contributed by atoms with van der Waals surface area (Å²) in [7, 11) is 0. The highest BCUT2D eigenvalue weighted by Crippen LogP contribution is 2.34. The van der Waals surface area contributed by atoms with Crippen LogP contribution in [0.5, 0.6) is 5.75 Å². The molecule has 0 spiro atoms. The van der Waals surface area contributed by atoms with Gasteiger partial charge in [0.05, 0.1) is 0 Å². The maximum absolute atomic E-state index is 14.7. The molecule has 0 saturated carbocycles. The number of carbonyl (C=O) groups is 1. The van der Waals surface area contributed by atoms with E-state index >= 15 is 0 Å². The molecular formula is C25H25FN4O2. The summed E-state index contributed by atoms with van der Waals surface area (Å²) in [5.41, 5.74) is 10.2. The Hall–Kier alpha value is -3.45. The number of hydrogen-bond acceptors (Lipinski definition) is 5. The van der Waals surface area contributed by atoms with Crippen molar-refractivity contribution >= 4 is 11.7 Å². The average molecular weight is 432 g/mol. The Balaban J connectivity index is 1.44. The van der Waals surface area contributed by atoms with Crippen molar-refractivity contribution in [1.29, 1.82) is 0 Å². The molecule has 0 unspecified atom stereocenters. The van der Waals surface area contributed by atoms with Crippen LogP contribution in [0.2, 0.25) is 0 Å². The Kier molecular flexibility index (Phi) is 5.49. The van der Waals surface area contributed by atoms with Crippen LogP contribution < -0.4 is 21.1 Å². The van der Waals surface area contributed by atoms with Crippen LogP contribution in [-0.4, -0.2) is 36.6 Å². The van der Waals surface area contributed by atoms with E-state index in [0.29, 0.717) is 28.8 Å². The fourth-order valence-corrected chi connectivity index (χ4v) is 4.36. The summed E-state index contributed by atoms with van der Waals surface area (Å²) in [6, 6.07) is 14.7. The van der Waals surface area contributed by atoms with Crippen LogP contribution in [-0.2, 0) is 6.42 Å². The molecule has 3 aromatic rings. The number of nitrogens with zero attached hydrogens (tertiary/aromatic N) is 1. The lowest BCUT2D eigenvalue weighted by Gasteiger charge is -2.24. The number of piperidine rings is 1. The molecule has 1 aromatic heterocycles. The van der Waals surface area contributed by atoms with Gasteiger partial charge < -0.3 is 21.1 Å². The normalized spacial score (nSPS) is 18.0. The first-order valence-corrected chi connectivity index (χ1v) is 10.9. The molecule has 1 saturated heterocycles. The van der Waals surface area contributed by atoms with Crippen molar-refractivity contribution in [2.75, 3.05) is 25.4 Å². The van der Waals surface area contributed by atoms with Gasteiger partial charge in [-0.15, -0.1) is 0 Å². The minimum absolute atomic E-state index is 0.0741. The molecule has 164 valence electrons. The highest BCUT2D eigenvalue weighted by atomic mass is 19.1. The molecule has 0 aliphatic carbocycles. The first-order chi connectivity index (χ1) is 15.6. The smallest absolute Gasteiger partial charge is 0.251 e. The molecule has 7 heteroatoms. The van der Waals surface area contributed by atoms with Gasteiger partial charge in [0.1, 0.15) is 17.7 Å². The zero-order valence-electron chi connectivity index (χ0n) is 17.7. The second-order valence-electron chi connectivity index (χ2n) is 8.25. The van der Waals surface area contributed by atoms with Crippen molar-refractivity contribution in [3.8, 4) is 28.0 Å². The molecule has 1 amide bonds. The third-order valence-electron chi connectivity index (χ3n) is 6.07. The fraction of sp³-hybridized carbons (Fsp3) is 0.280. The topological polar surface area (TPSA) is 89.3 Å². The minimum atomic E-state index is -0.617. The standard InChI is InChI=1S/C25H25FN4O2/c26-23-21(15-3-6-18(7-4-15)32-19-2-1-10-28-14-19)13-22(24(27)30-23)16-5-8-20-17(12-16)9-11-29-25(20)31/h3-8,12-13,19,28H,1-2,9-11,14H2,(H2,27,30)(H,29,31)/t19-/m0/s1. The molecule has 0 radical (unpaired) electrons. The summed E-state index contributed by atoms with van der Waals surface area (Å²) in [5, 5.41) is 6.17. The number of pyridine rings is 1. The van der Waals surface area contributed by atoms with Gasteiger partial charge in [0.25, 0.3) is 5.91 Å². The predicted octanol–water partition coefficient (Wildman–Crippen LogP) is 3.55. The summed E-state index contributed by atoms with van der Waals surface area (Å²) < 4.78 is 20.8. The number of nitrogens with two attached hydrogens (primary N) is 1. The van der Waals surface area contributed by atoms with Crippen molar-refractivity contribution < 1.29 is 13.9 Å². The summed E-state index contributed by atoms with van der Waals surface area (Å²) in [6.07, 6.45) is 3.02. The van der Waals surface area contributed by atoms with Gasteiger partial charge in [-0.25, -0.2) is 4.98 Å². The SMILES string of the molecule is Nc1nc(F)c(-c2ccc(O[C@H]3CCCNC3)cc2)cc1-c1ccc2c(c1)CCNC2=O. The number of ether oxygens (including phenoxy) is 1. The number of fused-ring (bicyclic) bond motifs is 1. The zero-order valence-corrected chi connectivity index (χ0v) is 17.7. The molecule has 2 aromatic carbocycles. The first kappa shape index (κ1) is 20.5. The van der Waals surface area contributed by atoms with Crippen LogP contribution in [0.25, 0.3) is 22.3 Å². The number of aromatic nitrogens is 1. The summed E-state index contributed by atoms with van der Waals surface area (Å²) >= 11 is 0. The number of hydrogen-bond donors (Lipinski definition) is 3. The molecule has 3 heterocycles. The molecule has 1 fully saturated rings. The van der Waals surface area contributed by atoms with Crippen LogP contribution in [0.3, 0.4) is 0 Å². The fourth-order valence-electron chi connectivity index (χ4n) is 4.36. The van der Waals surface area contributed by atoms with E-state index in [2.05, 4.69) is 15.6 Å². The van der Waals surface area contributed by atoms with Gasteiger partial charge in [0, 0.05) is 29.8 Å². The number of rotatable bonds is 4. The number of benzene rings is 2. The largest absolute Gasteiger partial charge is 0.489 e. The van der Waals surface area contributed by atoms with E-state index in [9.17, 15) is 9.18 Å². The van der Waals surface area contributed by atoms with Gasteiger partial charge in [0.15, 0.2) is 0 Å². The van der Waals surface area contributed by atoms with Gasteiger partial charge in [-0.2, -0.15) is 4.39 Å². The molecule has 1 atom stereocenters. The highest BCUT2D eigenvalue weighted by molar-refractivity contribution is 5.97. The van der Waals surface area contributed by atoms with Gasteiger partial charge in [-0.1, -0.05) is 24.3 Å². The Morgan fingerprint density at radius 2 is 1.81 bits per heavy atom. The minimum Gasteiger partial charge on any atom is -0.489 e. The van der Waals surface area contributed by atoms with Crippen molar-refractivity contribution in [3.63, 3.8) is 0 Å².